The molecule has 0 saturated carbocycles. The largest absolute Gasteiger partial charge is 0.573 e. The number of rotatable bonds is 2. The molecule has 1 aromatic rings. The molecule has 8 heteroatoms. The fourth-order valence-electron chi connectivity index (χ4n) is 1.04. The molecule has 0 aliphatic heterocycles. The summed E-state index contributed by atoms with van der Waals surface area (Å²) in [5.74, 6) is -0.565. The van der Waals surface area contributed by atoms with E-state index < -0.39 is 12.1 Å². The molecule has 0 unspecified atom stereocenters. The summed E-state index contributed by atoms with van der Waals surface area (Å²) in [5, 5.41) is 10.7. The van der Waals surface area contributed by atoms with Crippen molar-refractivity contribution in [1.29, 1.82) is 5.26 Å². The van der Waals surface area contributed by atoms with Crippen molar-refractivity contribution < 1.29 is 17.9 Å². The monoisotopic (exact) mass is 261 g/mol. The zero-order chi connectivity index (χ0) is 13.1. The lowest BCUT2D eigenvalue weighted by molar-refractivity contribution is -0.274. The van der Waals surface area contributed by atoms with Gasteiger partial charge in [0.1, 0.15) is 0 Å². The van der Waals surface area contributed by atoms with E-state index in [2.05, 4.69) is 22.3 Å². The molecular weight excluding hydrogens is 255 g/mol. The zero-order valence-electron chi connectivity index (χ0n) is 8.21. The Morgan fingerprint density at radius 2 is 2.12 bits per heavy atom. The second-order valence-corrected chi connectivity index (χ2v) is 3.30. The zero-order valence-corrected chi connectivity index (χ0v) is 9.02. The van der Waals surface area contributed by atoms with Crippen molar-refractivity contribution in [2.24, 2.45) is 5.73 Å². The normalized spacial score (nSPS) is 10.5. The summed E-state index contributed by atoms with van der Waals surface area (Å²) in [6.07, 6.45) is -4.86. The molecule has 0 fully saturated rings. The van der Waals surface area contributed by atoms with Gasteiger partial charge in [-0.25, -0.2) is 0 Å². The van der Waals surface area contributed by atoms with E-state index in [1.54, 1.807) is 6.07 Å². The molecule has 17 heavy (non-hydrogen) atoms. The molecule has 1 aromatic carbocycles. The number of ether oxygens (including phenoxy) is 1. The maximum Gasteiger partial charge on any atom is 0.573 e. The van der Waals surface area contributed by atoms with Crippen LogP contribution in [0.4, 0.5) is 18.9 Å². The van der Waals surface area contributed by atoms with E-state index in [0.29, 0.717) is 0 Å². The van der Waals surface area contributed by atoms with Gasteiger partial charge >= 0.3 is 6.36 Å². The van der Waals surface area contributed by atoms with Crippen molar-refractivity contribution in [2.45, 2.75) is 6.36 Å². The van der Waals surface area contributed by atoms with Gasteiger partial charge in [-0.05, 0) is 24.4 Å². The minimum atomic E-state index is -4.86. The number of halogens is 3. The van der Waals surface area contributed by atoms with Gasteiger partial charge in [-0.1, -0.05) is 0 Å². The van der Waals surface area contributed by atoms with Crippen LogP contribution < -0.4 is 15.8 Å². The molecule has 0 aromatic heterocycles. The Morgan fingerprint density at radius 3 is 2.59 bits per heavy atom. The van der Waals surface area contributed by atoms with Crippen LogP contribution in [0.2, 0.25) is 0 Å². The first-order valence-corrected chi connectivity index (χ1v) is 4.59. The Morgan fingerprint density at radius 1 is 1.47 bits per heavy atom. The third kappa shape index (κ3) is 4.16. The van der Waals surface area contributed by atoms with Crippen LogP contribution in [0, 0.1) is 11.3 Å². The maximum absolute atomic E-state index is 12.1. The lowest BCUT2D eigenvalue weighted by Gasteiger charge is -2.14. The van der Waals surface area contributed by atoms with Gasteiger partial charge in [0.2, 0.25) is 0 Å². The molecule has 0 bridgehead atoms. The SMILES string of the molecule is N#Cc1ccc(NC(N)=S)c(OC(F)(F)F)c1. The topological polar surface area (TPSA) is 71.1 Å². The maximum atomic E-state index is 12.1. The second-order valence-electron chi connectivity index (χ2n) is 2.86. The minimum absolute atomic E-state index is 0.0257. The molecule has 0 amide bonds. The van der Waals surface area contributed by atoms with Crippen LogP contribution in [0.1, 0.15) is 5.56 Å². The highest BCUT2D eigenvalue weighted by molar-refractivity contribution is 7.80. The number of nitriles is 1. The first-order valence-electron chi connectivity index (χ1n) is 4.18. The molecule has 90 valence electrons. The number of hydrogen-bond donors (Lipinski definition) is 2. The smallest absolute Gasteiger partial charge is 0.404 e. The molecule has 0 aliphatic carbocycles. The van der Waals surface area contributed by atoms with Gasteiger partial charge in [0.15, 0.2) is 10.9 Å². The van der Waals surface area contributed by atoms with E-state index in [1.165, 1.54) is 12.1 Å². The number of nitrogens with zero attached hydrogens (tertiary/aromatic N) is 1. The predicted molar refractivity (Wildman–Crippen MR) is 58.2 cm³/mol. The van der Waals surface area contributed by atoms with Gasteiger partial charge in [-0.3, -0.25) is 0 Å². The standard InChI is InChI=1S/C9H6F3N3OS/c10-9(11,12)16-7-3-5(4-13)1-2-6(7)15-8(14)17/h1-3H,(H3,14,15,17). The van der Waals surface area contributed by atoms with Crippen molar-refractivity contribution in [1.82, 2.24) is 0 Å². The number of nitrogens with one attached hydrogen (secondary N) is 1. The van der Waals surface area contributed by atoms with Crippen molar-refractivity contribution >= 4 is 23.0 Å². The van der Waals surface area contributed by atoms with Crippen molar-refractivity contribution in [3.8, 4) is 11.8 Å². The number of thiocarbonyl (C=S) groups is 1. The first-order chi connectivity index (χ1) is 7.81. The molecule has 1 rings (SSSR count). The van der Waals surface area contributed by atoms with Crippen molar-refractivity contribution in [2.75, 3.05) is 5.32 Å². The van der Waals surface area contributed by atoms with Gasteiger partial charge in [0.05, 0.1) is 17.3 Å². The highest BCUT2D eigenvalue weighted by atomic mass is 32.1. The summed E-state index contributed by atoms with van der Waals surface area (Å²) in [4.78, 5) is 0. The third-order valence-electron chi connectivity index (χ3n) is 1.59. The molecule has 0 saturated heterocycles. The van der Waals surface area contributed by atoms with Gasteiger partial charge in [0.25, 0.3) is 0 Å². The van der Waals surface area contributed by atoms with Gasteiger partial charge in [-0.15, -0.1) is 13.2 Å². The summed E-state index contributed by atoms with van der Waals surface area (Å²) in [6.45, 7) is 0. The van der Waals surface area contributed by atoms with Crippen LogP contribution in [0.5, 0.6) is 5.75 Å². The summed E-state index contributed by atoms with van der Waals surface area (Å²) >= 11 is 4.50. The summed E-state index contributed by atoms with van der Waals surface area (Å²) in [6, 6.07) is 5.16. The number of hydrogen-bond acceptors (Lipinski definition) is 3. The summed E-state index contributed by atoms with van der Waals surface area (Å²) in [5.41, 5.74) is 5.11. The number of anilines is 1. The van der Waals surface area contributed by atoms with Crippen LogP contribution in [0.15, 0.2) is 18.2 Å². The second kappa shape index (κ2) is 4.88. The molecule has 0 heterocycles. The van der Waals surface area contributed by atoms with Crippen molar-refractivity contribution in [3.63, 3.8) is 0 Å². The molecule has 4 nitrogen and oxygen atoms in total. The lowest BCUT2D eigenvalue weighted by atomic mass is 10.2. The summed E-state index contributed by atoms with van der Waals surface area (Å²) < 4.78 is 40.0. The quantitative estimate of drug-likeness (QED) is 0.798. The van der Waals surface area contributed by atoms with Crippen LogP contribution in [-0.2, 0) is 0 Å². The van der Waals surface area contributed by atoms with Crippen LogP contribution in [-0.4, -0.2) is 11.5 Å². The lowest BCUT2D eigenvalue weighted by Crippen LogP contribution is -2.22. The van der Waals surface area contributed by atoms with Gasteiger partial charge in [0, 0.05) is 6.07 Å². The molecule has 0 aliphatic rings. The Hall–Kier alpha value is -2.01. The highest BCUT2D eigenvalue weighted by Crippen LogP contribution is 2.31. The van der Waals surface area contributed by atoms with E-state index in [0.717, 1.165) is 6.07 Å². The Kier molecular flexibility index (Phi) is 3.75. The highest BCUT2D eigenvalue weighted by Gasteiger charge is 2.32. The fraction of sp³-hybridized carbons (Fsp3) is 0.111. The molecule has 0 atom stereocenters. The van der Waals surface area contributed by atoms with Gasteiger partial charge in [-0.2, -0.15) is 5.26 Å². The predicted octanol–water partition coefficient (Wildman–Crippen LogP) is 2.11. The van der Waals surface area contributed by atoms with E-state index in [9.17, 15) is 13.2 Å². The van der Waals surface area contributed by atoms with Crippen LogP contribution >= 0.6 is 12.2 Å². The average molecular weight is 261 g/mol. The van der Waals surface area contributed by atoms with E-state index in [4.69, 9.17) is 11.0 Å². The van der Waals surface area contributed by atoms with Crippen molar-refractivity contribution in [3.05, 3.63) is 23.8 Å². The van der Waals surface area contributed by atoms with Crippen LogP contribution in [0.3, 0.4) is 0 Å². The molecule has 3 N–H and O–H groups in total. The van der Waals surface area contributed by atoms with E-state index >= 15 is 0 Å². The average Bonchev–Trinajstić information content (AvgIpc) is 2.17. The Balaban J connectivity index is 3.12. The fourth-order valence-corrected chi connectivity index (χ4v) is 1.15. The van der Waals surface area contributed by atoms with E-state index in [-0.39, 0.29) is 16.4 Å². The minimum Gasteiger partial charge on any atom is -0.404 e. The third-order valence-corrected chi connectivity index (χ3v) is 1.70. The molecule has 0 spiro atoms. The Bertz CT molecular complexity index is 481. The van der Waals surface area contributed by atoms with Crippen LogP contribution in [0.25, 0.3) is 0 Å². The van der Waals surface area contributed by atoms with E-state index in [1.807, 2.05) is 0 Å². The van der Waals surface area contributed by atoms with Gasteiger partial charge < -0.3 is 15.8 Å². The molecule has 0 radical (unpaired) electrons. The number of benzene rings is 1. The Labute approximate surface area is 99.8 Å². The molecular formula is C9H6F3N3OS. The number of nitrogens with two attached hydrogens (primary N) is 1. The summed E-state index contributed by atoms with van der Waals surface area (Å²) in [7, 11) is 0. The number of alkyl halides is 3. The first kappa shape index (κ1) is 13.1.